The molecule has 1 aromatic rings. The summed E-state index contributed by atoms with van der Waals surface area (Å²) < 4.78 is 0. The highest BCUT2D eigenvalue weighted by Crippen LogP contribution is 2.57. The quantitative estimate of drug-likeness (QED) is 0.350. The Kier molecular flexibility index (Phi) is 3.37. The maximum Gasteiger partial charge on any atom is 0.294 e. The van der Waals surface area contributed by atoms with Crippen LogP contribution in [0.3, 0.4) is 0 Å². The van der Waals surface area contributed by atoms with Gasteiger partial charge >= 0.3 is 0 Å². The monoisotopic (exact) mass is 358 g/mol. The number of fused-ring (bicyclic) bond motifs is 5. The van der Waals surface area contributed by atoms with Gasteiger partial charge in [-0.15, -0.1) is 0 Å². The maximum absolute atomic E-state index is 13.0. The molecule has 0 N–H and O–H groups in total. The minimum Gasteiger partial charge on any atom is -0.274 e. The summed E-state index contributed by atoms with van der Waals surface area (Å²) in [6.07, 6.45) is 3.97. The van der Waals surface area contributed by atoms with Gasteiger partial charge in [0.2, 0.25) is 11.8 Å². The normalized spacial score (nSPS) is 29.6. The maximum atomic E-state index is 13.0. The summed E-state index contributed by atoms with van der Waals surface area (Å²) >= 11 is 5.84. The standard InChI is InChI=1S/C18H15ClN2O4/c1-8(2)14-10-4-5-11(14)16-15(10)17(22)20(18(16)23)12-6-3-9(19)7-13(12)21(24)25/h3-7,10-11,15-16H,1-2H3/t10-,11-,15+,16+/m0/s1. The van der Waals surface area contributed by atoms with Crippen LogP contribution in [0.25, 0.3) is 0 Å². The molecule has 4 atom stereocenters. The van der Waals surface area contributed by atoms with Gasteiger partial charge in [-0.25, -0.2) is 4.90 Å². The van der Waals surface area contributed by atoms with Crippen LogP contribution in [-0.2, 0) is 9.59 Å². The topological polar surface area (TPSA) is 80.5 Å². The first-order valence-corrected chi connectivity index (χ1v) is 8.38. The molecule has 6 nitrogen and oxygen atoms in total. The van der Waals surface area contributed by atoms with Crippen LogP contribution in [0.5, 0.6) is 0 Å². The summed E-state index contributed by atoms with van der Waals surface area (Å²) in [4.78, 5) is 37.7. The van der Waals surface area contributed by atoms with Crippen molar-refractivity contribution in [2.24, 2.45) is 23.7 Å². The molecule has 0 spiro atoms. The molecule has 2 amide bonds. The van der Waals surface area contributed by atoms with E-state index in [1.807, 2.05) is 26.0 Å². The summed E-state index contributed by atoms with van der Waals surface area (Å²) in [5.41, 5.74) is 1.93. The fourth-order valence-corrected chi connectivity index (χ4v) is 4.67. The summed E-state index contributed by atoms with van der Waals surface area (Å²) in [5, 5.41) is 11.5. The fraction of sp³-hybridized carbons (Fsp3) is 0.333. The number of nitro groups is 1. The molecule has 1 saturated carbocycles. The van der Waals surface area contributed by atoms with Crippen molar-refractivity contribution in [3.05, 3.63) is 56.6 Å². The third-order valence-electron chi connectivity index (χ3n) is 5.37. The molecule has 1 saturated heterocycles. The molecule has 128 valence electrons. The van der Waals surface area contributed by atoms with E-state index in [9.17, 15) is 19.7 Å². The highest BCUT2D eigenvalue weighted by molar-refractivity contribution is 6.31. The Morgan fingerprint density at radius 1 is 1.12 bits per heavy atom. The second-order valence-electron chi connectivity index (χ2n) is 6.85. The number of halogens is 1. The van der Waals surface area contributed by atoms with Crippen LogP contribution >= 0.6 is 11.6 Å². The molecule has 3 aliphatic rings. The summed E-state index contributed by atoms with van der Waals surface area (Å²) in [7, 11) is 0. The van der Waals surface area contributed by atoms with Gasteiger partial charge in [0.05, 0.1) is 16.8 Å². The number of rotatable bonds is 2. The molecular formula is C18H15ClN2O4. The fourth-order valence-electron chi connectivity index (χ4n) is 4.50. The summed E-state index contributed by atoms with van der Waals surface area (Å²) in [5.74, 6) is -1.85. The van der Waals surface area contributed by atoms with Gasteiger partial charge < -0.3 is 0 Å². The number of hydrogen-bond acceptors (Lipinski definition) is 4. The van der Waals surface area contributed by atoms with Gasteiger partial charge in [0.1, 0.15) is 5.69 Å². The molecule has 0 radical (unpaired) electrons. The van der Waals surface area contributed by atoms with Crippen LogP contribution in [0.2, 0.25) is 5.02 Å². The molecule has 25 heavy (non-hydrogen) atoms. The number of nitrogens with zero attached hydrogens (tertiary/aromatic N) is 2. The van der Waals surface area contributed by atoms with E-state index in [0.717, 1.165) is 16.0 Å². The van der Waals surface area contributed by atoms with Gasteiger partial charge in [-0.1, -0.05) is 34.9 Å². The minimum absolute atomic E-state index is 0.00282. The lowest BCUT2D eigenvalue weighted by Crippen LogP contribution is -2.33. The van der Waals surface area contributed by atoms with Crippen molar-refractivity contribution in [3.63, 3.8) is 0 Å². The Labute approximate surface area is 148 Å². The zero-order valence-corrected chi connectivity index (χ0v) is 14.4. The van der Waals surface area contributed by atoms with Crippen LogP contribution in [0, 0.1) is 33.8 Å². The highest BCUT2D eigenvalue weighted by Gasteiger charge is 2.62. The average Bonchev–Trinajstić information content (AvgIpc) is 3.18. The summed E-state index contributed by atoms with van der Waals surface area (Å²) in [6.45, 7) is 3.97. The van der Waals surface area contributed by atoms with Crippen molar-refractivity contribution < 1.29 is 14.5 Å². The van der Waals surface area contributed by atoms with Gasteiger partial charge in [0.15, 0.2) is 0 Å². The number of benzene rings is 1. The highest BCUT2D eigenvalue weighted by atomic mass is 35.5. The third-order valence-corrected chi connectivity index (χ3v) is 5.60. The van der Waals surface area contributed by atoms with Gasteiger partial charge in [-0.05, 0) is 26.0 Å². The second-order valence-corrected chi connectivity index (χ2v) is 7.28. The van der Waals surface area contributed by atoms with Crippen LogP contribution in [0.15, 0.2) is 41.5 Å². The average molecular weight is 359 g/mol. The molecule has 0 aromatic heterocycles. The van der Waals surface area contributed by atoms with Gasteiger partial charge in [0, 0.05) is 22.9 Å². The predicted molar refractivity (Wildman–Crippen MR) is 92.1 cm³/mol. The molecule has 7 heteroatoms. The van der Waals surface area contributed by atoms with Crippen LogP contribution in [0.4, 0.5) is 11.4 Å². The lowest BCUT2D eigenvalue weighted by Gasteiger charge is -2.19. The number of anilines is 1. The van der Waals surface area contributed by atoms with Crippen molar-refractivity contribution >= 4 is 34.8 Å². The Morgan fingerprint density at radius 3 is 2.16 bits per heavy atom. The smallest absolute Gasteiger partial charge is 0.274 e. The first-order valence-electron chi connectivity index (χ1n) is 8.00. The molecule has 1 aromatic carbocycles. The first-order chi connectivity index (χ1) is 11.8. The van der Waals surface area contributed by atoms with E-state index in [-0.39, 0.29) is 40.0 Å². The number of allylic oxidation sites excluding steroid dienone is 4. The Morgan fingerprint density at radius 2 is 1.68 bits per heavy atom. The molecule has 2 fully saturated rings. The molecule has 1 heterocycles. The first kappa shape index (κ1) is 16.0. The van der Waals surface area contributed by atoms with E-state index in [4.69, 9.17) is 11.6 Å². The van der Waals surface area contributed by atoms with Crippen LogP contribution in [0.1, 0.15) is 13.8 Å². The number of nitro benzene ring substituents is 1. The van der Waals surface area contributed by atoms with E-state index < -0.39 is 16.8 Å². The molecule has 2 aliphatic carbocycles. The summed E-state index contributed by atoms with van der Waals surface area (Å²) in [6, 6.07) is 3.99. The van der Waals surface area contributed by atoms with Crippen molar-refractivity contribution in [3.8, 4) is 0 Å². The van der Waals surface area contributed by atoms with E-state index >= 15 is 0 Å². The number of carbonyl (C=O) groups is 2. The van der Waals surface area contributed by atoms with Gasteiger partial charge in [0.25, 0.3) is 5.69 Å². The lowest BCUT2D eigenvalue weighted by molar-refractivity contribution is -0.384. The van der Waals surface area contributed by atoms with E-state index in [1.165, 1.54) is 18.2 Å². The Bertz CT molecular complexity index is 866. The predicted octanol–water partition coefficient (Wildman–Crippen LogP) is 3.51. The van der Waals surface area contributed by atoms with Crippen molar-refractivity contribution in [2.45, 2.75) is 13.8 Å². The second kappa shape index (κ2) is 5.26. The number of carbonyl (C=O) groups excluding carboxylic acids is 2. The zero-order chi connectivity index (χ0) is 18.0. The van der Waals surface area contributed by atoms with Gasteiger partial charge in [-0.2, -0.15) is 0 Å². The lowest BCUT2D eigenvalue weighted by atomic mass is 9.85. The molecular weight excluding hydrogens is 344 g/mol. The van der Waals surface area contributed by atoms with Crippen LogP contribution < -0.4 is 4.90 Å². The Balaban J connectivity index is 1.81. The number of hydrogen-bond donors (Lipinski definition) is 0. The Hall–Kier alpha value is -2.47. The van der Waals surface area contributed by atoms with Crippen molar-refractivity contribution in [2.75, 3.05) is 4.90 Å². The minimum atomic E-state index is -0.621. The number of imide groups is 1. The largest absolute Gasteiger partial charge is 0.294 e. The van der Waals surface area contributed by atoms with Gasteiger partial charge in [-0.3, -0.25) is 19.7 Å². The van der Waals surface area contributed by atoms with E-state index in [1.54, 1.807) is 0 Å². The zero-order valence-electron chi connectivity index (χ0n) is 13.6. The van der Waals surface area contributed by atoms with Crippen molar-refractivity contribution in [1.29, 1.82) is 0 Å². The molecule has 2 bridgehead atoms. The van der Waals surface area contributed by atoms with E-state index in [2.05, 4.69) is 0 Å². The number of amides is 2. The molecule has 1 aliphatic heterocycles. The van der Waals surface area contributed by atoms with E-state index in [0.29, 0.717) is 0 Å². The SMILES string of the molecule is CC(C)=C1[C@@H]2C=C[C@@H]1[C@H]1C(=O)N(c3ccc(Cl)cc3[N+](=O)[O-])C(=O)[C@@H]12. The molecule has 0 unspecified atom stereocenters. The van der Waals surface area contributed by atoms with Crippen molar-refractivity contribution in [1.82, 2.24) is 0 Å². The van der Waals surface area contributed by atoms with Crippen LogP contribution in [-0.4, -0.2) is 16.7 Å². The third kappa shape index (κ3) is 2.03. The molecule has 4 rings (SSSR count).